The minimum absolute atomic E-state index is 0.167. The Morgan fingerprint density at radius 1 is 1.53 bits per heavy atom. The van der Waals surface area contributed by atoms with Crippen LogP contribution in [0, 0.1) is 5.41 Å². The number of carbonyl (C=O) groups excluding carboxylic acids is 1. The third kappa shape index (κ3) is 3.25. The quantitative estimate of drug-likeness (QED) is 0.877. The Morgan fingerprint density at radius 3 is 2.88 bits per heavy atom. The molecular weight excluding hydrogens is 238 g/mol. The number of rotatable bonds is 2. The second kappa shape index (κ2) is 4.73. The van der Waals surface area contributed by atoms with Gasteiger partial charge in [0.1, 0.15) is 0 Å². The van der Waals surface area contributed by atoms with E-state index in [9.17, 15) is 4.79 Å². The summed E-state index contributed by atoms with van der Waals surface area (Å²) in [4.78, 5) is 11.9. The van der Waals surface area contributed by atoms with Gasteiger partial charge >= 0.3 is 0 Å². The molecule has 0 bridgehead atoms. The average Bonchev–Trinajstić information content (AvgIpc) is 2.63. The molecule has 2 rings (SSSR count). The Kier molecular flexibility index (Phi) is 3.48. The third-order valence-corrected chi connectivity index (χ3v) is 3.54. The van der Waals surface area contributed by atoms with Crippen LogP contribution in [0.15, 0.2) is 16.5 Å². The van der Waals surface area contributed by atoms with Gasteiger partial charge in [-0.3, -0.25) is 4.79 Å². The van der Waals surface area contributed by atoms with E-state index >= 15 is 0 Å². The topological polar surface area (TPSA) is 42.2 Å². The summed E-state index contributed by atoms with van der Waals surface area (Å²) in [6.45, 7) is 4.49. The Bertz CT molecular complexity index is 411. The molecule has 0 aliphatic heterocycles. The van der Waals surface area contributed by atoms with E-state index in [0.29, 0.717) is 11.2 Å². The van der Waals surface area contributed by atoms with Crippen molar-refractivity contribution in [1.82, 2.24) is 5.32 Å². The lowest BCUT2D eigenvalue weighted by Crippen LogP contribution is -2.40. The van der Waals surface area contributed by atoms with Gasteiger partial charge in [0.05, 0.1) is 0 Å². The highest BCUT2D eigenvalue weighted by atomic mass is 35.5. The van der Waals surface area contributed by atoms with Crippen molar-refractivity contribution in [1.29, 1.82) is 0 Å². The van der Waals surface area contributed by atoms with Crippen LogP contribution in [0.1, 0.15) is 50.1 Å². The van der Waals surface area contributed by atoms with Gasteiger partial charge in [0.2, 0.25) is 0 Å². The van der Waals surface area contributed by atoms with Gasteiger partial charge < -0.3 is 9.73 Å². The Hall–Kier alpha value is -0.960. The van der Waals surface area contributed by atoms with Crippen LogP contribution < -0.4 is 5.32 Å². The van der Waals surface area contributed by atoms with E-state index in [1.54, 1.807) is 12.1 Å². The zero-order valence-corrected chi connectivity index (χ0v) is 11.0. The Morgan fingerprint density at radius 2 is 2.29 bits per heavy atom. The van der Waals surface area contributed by atoms with Gasteiger partial charge in [0.15, 0.2) is 11.0 Å². The first kappa shape index (κ1) is 12.5. The molecule has 1 aromatic rings. The fourth-order valence-electron chi connectivity index (χ4n) is 2.51. The standard InChI is InChI=1S/C13H18ClNO2/c1-13(2)7-3-4-9(8-13)15-12(16)10-5-6-11(14)17-10/h5-6,9H,3-4,7-8H2,1-2H3,(H,15,16). The molecule has 1 amide bonds. The summed E-state index contributed by atoms with van der Waals surface area (Å²) in [5, 5.41) is 3.26. The van der Waals surface area contributed by atoms with Gasteiger partial charge in [-0.15, -0.1) is 0 Å². The normalized spacial score (nSPS) is 23.4. The molecule has 0 saturated heterocycles. The maximum absolute atomic E-state index is 11.9. The largest absolute Gasteiger partial charge is 0.440 e. The maximum atomic E-state index is 11.9. The van der Waals surface area contributed by atoms with Gasteiger partial charge in [0, 0.05) is 6.04 Å². The summed E-state index contributed by atoms with van der Waals surface area (Å²) >= 11 is 5.65. The molecule has 1 saturated carbocycles. The van der Waals surface area contributed by atoms with Gasteiger partial charge in [-0.2, -0.15) is 0 Å². The highest BCUT2D eigenvalue weighted by Crippen LogP contribution is 2.35. The second-order valence-electron chi connectivity index (χ2n) is 5.53. The molecule has 0 aromatic carbocycles. The minimum Gasteiger partial charge on any atom is -0.440 e. The van der Waals surface area contributed by atoms with E-state index in [1.165, 1.54) is 6.42 Å². The van der Waals surface area contributed by atoms with Gasteiger partial charge in [-0.1, -0.05) is 20.3 Å². The van der Waals surface area contributed by atoms with Crippen molar-refractivity contribution < 1.29 is 9.21 Å². The van der Waals surface area contributed by atoms with Gasteiger partial charge in [0.25, 0.3) is 5.91 Å². The summed E-state index contributed by atoms with van der Waals surface area (Å²) < 4.78 is 5.09. The Labute approximate surface area is 107 Å². The molecule has 1 aromatic heterocycles. The lowest BCUT2D eigenvalue weighted by atomic mass is 9.75. The molecule has 1 atom stereocenters. The summed E-state index contributed by atoms with van der Waals surface area (Å²) in [7, 11) is 0. The van der Waals surface area contributed by atoms with Crippen molar-refractivity contribution >= 4 is 17.5 Å². The monoisotopic (exact) mass is 255 g/mol. The minimum atomic E-state index is -0.167. The molecule has 1 fully saturated rings. The smallest absolute Gasteiger partial charge is 0.287 e. The molecule has 1 unspecified atom stereocenters. The number of hydrogen-bond donors (Lipinski definition) is 1. The molecular formula is C13H18ClNO2. The zero-order chi connectivity index (χ0) is 12.5. The van der Waals surface area contributed by atoms with Gasteiger partial charge in [-0.05, 0) is 48.4 Å². The lowest BCUT2D eigenvalue weighted by molar-refractivity contribution is 0.0874. The molecule has 0 spiro atoms. The molecule has 1 aliphatic rings. The van der Waals surface area contributed by atoms with E-state index in [-0.39, 0.29) is 17.2 Å². The number of nitrogens with one attached hydrogen (secondary N) is 1. The first-order valence-corrected chi connectivity index (χ1v) is 6.40. The predicted molar refractivity (Wildman–Crippen MR) is 67.2 cm³/mol. The van der Waals surface area contributed by atoms with Crippen molar-refractivity contribution in [2.75, 3.05) is 0 Å². The SMILES string of the molecule is CC1(C)CCCC(NC(=O)c2ccc(Cl)o2)C1. The van der Waals surface area contributed by atoms with Crippen LogP contribution in [-0.4, -0.2) is 11.9 Å². The highest BCUT2D eigenvalue weighted by Gasteiger charge is 2.29. The molecule has 4 heteroatoms. The Balaban J connectivity index is 1.95. The maximum Gasteiger partial charge on any atom is 0.287 e. The molecule has 1 aliphatic carbocycles. The summed E-state index contributed by atoms with van der Waals surface area (Å²) in [5.74, 6) is 0.123. The molecule has 0 radical (unpaired) electrons. The van der Waals surface area contributed by atoms with Crippen LogP contribution in [0.25, 0.3) is 0 Å². The van der Waals surface area contributed by atoms with Crippen LogP contribution in [-0.2, 0) is 0 Å². The lowest BCUT2D eigenvalue weighted by Gasteiger charge is -2.35. The fraction of sp³-hybridized carbons (Fsp3) is 0.615. The van der Waals surface area contributed by atoms with E-state index in [4.69, 9.17) is 16.0 Å². The number of furan rings is 1. The summed E-state index contributed by atoms with van der Waals surface area (Å²) in [6, 6.07) is 3.43. The third-order valence-electron chi connectivity index (χ3n) is 3.34. The van der Waals surface area contributed by atoms with E-state index in [0.717, 1.165) is 19.3 Å². The summed E-state index contributed by atoms with van der Waals surface area (Å²) in [5.41, 5.74) is 0.316. The first-order chi connectivity index (χ1) is 7.96. The van der Waals surface area contributed by atoms with Crippen molar-refractivity contribution in [3.05, 3.63) is 23.1 Å². The average molecular weight is 256 g/mol. The second-order valence-corrected chi connectivity index (χ2v) is 5.91. The predicted octanol–water partition coefficient (Wildman–Crippen LogP) is 3.63. The van der Waals surface area contributed by atoms with Crippen LogP contribution in [0.2, 0.25) is 5.22 Å². The molecule has 3 nitrogen and oxygen atoms in total. The van der Waals surface area contributed by atoms with E-state index in [1.807, 2.05) is 0 Å². The molecule has 1 heterocycles. The van der Waals surface area contributed by atoms with E-state index in [2.05, 4.69) is 19.2 Å². The molecule has 94 valence electrons. The fourth-order valence-corrected chi connectivity index (χ4v) is 2.66. The van der Waals surface area contributed by atoms with Crippen LogP contribution >= 0.6 is 11.6 Å². The van der Waals surface area contributed by atoms with E-state index < -0.39 is 0 Å². The molecule has 1 N–H and O–H groups in total. The number of amides is 1. The number of halogens is 1. The van der Waals surface area contributed by atoms with Crippen LogP contribution in [0.4, 0.5) is 0 Å². The zero-order valence-electron chi connectivity index (χ0n) is 10.3. The first-order valence-electron chi connectivity index (χ1n) is 6.02. The van der Waals surface area contributed by atoms with Crippen LogP contribution in [0.5, 0.6) is 0 Å². The van der Waals surface area contributed by atoms with Crippen LogP contribution in [0.3, 0.4) is 0 Å². The number of carbonyl (C=O) groups is 1. The summed E-state index contributed by atoms with van der Waals surface area (Å²) in [6.07, 6.45) is 4.46. The highest BCUT2D eigenvalue weighted by molar-refractivity contribution is 6.29. The van der Waals surface area contributed by atoms with Crippen molar-refractivity contribution in [3.63, 3.8) is 0 Å². The van der Waals surface area contributed by atoms with Gasteiger partial charge in [-0.25, -0.2) is 0 Å². The van der Waals surface area contributed by atoms with Crippen molar-refractivity contribution in [3.8, 4) is 0 Å². The molecule has 17 heavy (non-hydrogen) atoms. The number of hydrogen-bond acceptors (Lipinski definition) is 2. The van der Waals surface area contributed by atoms with Crippen molar-refractivity contribution in [2.24, 2.45) is 5.41 Å². The van der Waals surface area contributed by atoms with Crippen molar-refractivity contribution in [2.45, 2.75) is 45.6 Å².